The summed E-state index contributed by atoms with van der Waals surface area (Å²) in [6, 6.07) is 7.90. The monoisotopic (exact) mass is 283 g/mol. The quantitative estimate of drug-likeness (QED) is 0.816. The fourth-order valence-electron chi connectivity index (χ4n) is 3.04. The first kappa shape index (κ1) is 14.6. The number of nitrogens with one attached hydrogen (secondary N) is 1. The Hall–Kier alpha value is -0.770. The van der Waals surface area contributed by atoms with Crippen LogP contribution in [0, 0.1) is 0 Å². The third-order valence-electron chi connectivity index (χ3n) is 4.17. The van der Waals surface area contributed by atoms with E-state index in [9.17, 15) is 5.11 Å². The molecule has 0 bridgehead atoms. The van der Waals surface area contributed by atoms with Gasteiger partial charge in [0.25, 0.3) is 0 Å². The van der Waals surface area contributed by atoms with Crippen molar-refractivity contribution in [1.82, 2.24) is 4.84 Å². The van der Waals surface area contributed by atoms with Crippen molar-refractivity contribution in [3.8, 4) is 5.75 Å². The Morgan fingerprint density at radius 1 is 1.26 bits per heavy atom. The Balaban J connectivity index is 2.22. The van der Waals surface area contributed by atoms with Crippen molar-refractivity contribution in [2.75, 3.05) is 13.7 Å². The molecule has 19 heavy (non-hydrogen) atoms. The van der Waals surface area contributed by atoms with E-state index in [0.717, 1.165) is 37.0 Å². The third kappa shape index (κ3) is 3.41. The summed E-state index contributed by atoms with van der Waals surface area (Å²) < 4.78 is 5.18. The van der Waals surface area contributed by atoms with Gasteiger partial charge in [-0.15, -0.1) is 0 Å². The van der Waals surface area contributed by atoms with Crippen LogP contribution in [0.25, 0.3) is 0 Å². The second-order valence-corrected chi connectivity index (χ2v) is 5.59. The Bertz CT molecular complexity index is 388. The van der Waals surface area contributed by atoms with Crippen LogP contribution < -0.4 is 9.57 Å². The second-order valence-electron chi connectivity index (χ2n) is 5.33. The first-order valence-electron chi connectivity index (χ1n) is 6.89. The Morgan fingerprint density at radius 2 is 1.89 bits per heavy atom. The van der Waals surface area contributed by atoms with Gasteiger partial charge >= 0.3 is 0 Å². The molecule has 1 saturated carbocycles. The normalized spacial score (nSPS) is 19.9. The van der Waals surface area contributed by atoms with Crippen molar-refractivity contribution < 1.29 is 9.84 Å². The molecule has 3 nitrogen and oxygen atoms in total. The summed E-state index contributed by atoms with van der Waals surface area (Å²) in [5, 5.41) is 10.9. The molecule has 1 fully saturated rings. The molecule has 0 amide bonds. The van der Waals surface area contributed by atoms with Crippen molar-refractivity contribution in [3.63, 3.8) is 0 Å². The highest BCUT2D eigenvalue weighted by Gasteiger charge is 2.38. The molecule has 106 valence electrons. The van der Waals surface area contributed by atoms with Crippen LogP contribution in [0.5, 0.6) is 5.75 Å². The maximum Gasteiger partial charge on any atom is 0.118 e. The molecule has 1 aromatic carbocycles. The van der Waals surface area contributed by atoms with Gasteiger partial charge in [0.1, 0.15) is 5.75 Å². The van der Waals surface area contributed by atoms with Gasteiger partial charge in [-0.1, -0.05) is 31.4 Å². The molecule has 0 saturated heterocycles. The number of halogens is 1. The number of rotatable bonds is 5. The molecular formula is C15H22ClNO2. The number of ether oxygens (including phenoxy) is 1. The summed E-state index contributed by atoms with van der Waals surface area (Å²) in [5.74, 6) is 0.855. The highest BCUT2D eigenvalue weighted by atomic mass is 35.5. The first-order chi connectivity index (χ1) is 9.19. The van der Waals surface area contributed by atoms with Crippen LogP contribution >= 0.6 is 11.8 Å². The number of methoxy groups -OCH3 is 1. The number of aliphatic hydroxyl groups is 1. The molecule has 0 spiro atoms. The van der Waals surface area contributed by atoms with Crippen LogP contribution in [0.4, 0.5) is 0 Å². The molecule has 0 heterocycles. The highest BCUT2D eigenvalue weighted by molar-refractivity contribution is 6.13. The zero-order valence-electron chi connectivity index (χ0n) is 11.4. The van der Waals surface area contributed by atoms with Gasteiger partial charge < -0.3 is 9.84 Å². The van der Waals surface area contributed by atoms with Crippen LogP contribution in [0.1, 0.15) is 43.6 Å². The molecule has 0 aliphatic heterocycles. The third-order valence-corrected chi connectivity index (χ3v) is 4.32. The Labute approximate surface area is 120 Å². The van der Waals surface area contributed by atoms with Crippen molar-refractivity contribution in [3.05, 3.63) is 29.8 Å². The molecule has 2 rings (SSSR count). The molecule has 1 aromatic rings. The van der Waals surface area contributed by atoms with E-state index >= 15 is 0 Å². The molecule has 1 atom stereocenters. The number of hydrogen-bond acceptors (Lipinski definition) is 3. The van der Waals surface area contributed by atoms with Crippen LogP contribution in [0.15, 0.2) is 24.3 Å². The summed E-state index contributed by atoms with van der Waals surface area (Å²) in [4.78, 5) is 2.70. The number of hydrogen-bond donors (Lipinski definition) is 2. The predicted molar refractivity (Wildman–Crippen MR) is 77.6 cm³/mol. The van der Waals surface area contributed by atoms with E-state index in [1.165, 1.54) is 6.42 Å². The molecular weight excluding hydrogens is 262 g/mol. The minimum absolute atomic E-state index is 0.0243. The van der Waals surface area contributed by atoms with Gasteiger partial charge in [-0.2, -0.15) is 0 Å². The highest BCUT2D eigenvalue weighted by Crippen LogP contribution is 2.40. The van der Waals surface area contributed by atoms with Crippen molar-refractivity contribution in [2.45, 2.75) is 43.6 Å². The maximum atomic E-state index is 10.9. The van der Waals surface area contributed by atoms with E-state index in [4.69, 9.17) is 16.5 Å². The zero-order chi connectivity index (χ0) is 13.7. The summed E-state index contributed by atoms with van der Waals surface area (Å²) in [7, 11) is 1.65. The molecule has 1 aliphatic rings. The minimum atomic E-state index is -0.644. The van der Waals surface area contributed by atoms with Gasteiger partial charge in [0.2, 0.25) is 0 Å². The molecule has 1 aliphatic carbocycles. The summed E-state index contributed by atoms with van der Waals surface area (Å²) in [6.07, 6.45) is 5.09. The fourth-order valence-corrected chi connectivity index (χ4v) is 3.20. The summed E-state index contributed by atoms with van der Waals surface area (Å²) in [6.45, 7) is 0.574. The van der Waals surface area contributed by atoms with E-state index in [1.54, 1.807) is 7.11 Å². The Kier molecular flexibility index (Phi) is 5.08. The van der Waals surface area contributed by atoms with Crippen LogP contribution in [-0.2, 0) is 0 Å². The lowest BCUT2D eigenvalue weighted by Gasteiger charge is -2.39. The number of benzene rings is 1. The second kappa shape index (κ2) is 6.60. The predicted octanol–water partition coefficient (Wildman–Crippen LogP) is 3.22. The van der Waals surface area contributed by atoms with E-state index in [2.05, 4.69) is 4.84 Å². The average molecular weight is 284 g/mol. The molecule has 4 heteroatoms. The van der Waals surface area contributed by atoms with Gasteiger partial charge in [0, 0.05) is 12.5 Å². The smallest absolute Gasteiger partial charge is 0.118 e. The lowest BCUT2D eigenvalue weighted by Crippen LogP contribution is -2.41. The molecule has 0 aromatic heterocycles. The van der Waals surface area contributed by atoms with Crippen molar-refractivity contribution in [1.29, 1.82) is 0 Å². The zero-order valence-corrected chi connectivity index (χ0v) is 12.1. The Morgan fingerprint density at radius 3 is 2.42 bits per heavy atom. The van der Waals surface area contributed by atoms with Gasteiger partial charge in [0.05, 0.1) is 12.7 Å². The van der Waals surface area contributed by atoms with E-state index in [0.29, 0.717) is 6.54 Å². The van der Waals surface area contributed by atoms with Gasteiger partial charge in [-0.25, -0.2) is 4.84 Å². The van der Waals surface area contributed by atoms with Crippen LogP contribution in [0.2, 0.25) is 0 Å². The minimum Gasteiger partial charge on any atom is -0.497 e. The van der Waals surface area contributed by atoms with E-state index in [1.807, 2.05) is 24.3 Å². The lowest BCUT2D eigenvalue weighted by molar-refractivity contribution is -0.0202. The van der Waals surface area contributed by atoms with Crippen molar-refractivity contribution in [2.24, 2.45) is 0 Å². The average Bonchev–Trinajstić information content (AvgIpc) is 2.45. The molecule has 0 radical (unpaired) electrons. The lowest BCUT2D eigenvalue weighted by atomic mass is 9.73. The fraction of sp³-hybridized carbons (Fsp3) is 0.600. The topological polar surface area (TPSA) is 41.5 Å². The SMILES string of the molecule is COc1ccc(C(CNCl)C2(O)CCCCC2)cc1. The van der Waals surface area contributed by atoms with Crippen LogP contribution in [0.3, 0.4) is 0 Å². The van der Waals surface area contributed by atoms with Gasteiger partial charge in [-0.3, -0.25) is 0 Å². The molecule has 2 N–H and O–H groups in total. The standard InChI is InChI=1S/C15H22ClNO2/c1-19-13-7-5-12(6-8-13)14(11-17-16)15(18)9-3-2-4-10-15/h5-8,14,17-18H,2-4,9-11H2,1H3. The summed E-state index contributed by atoms with van der Waals surface area (Å²) >= 11 is 5.70. The van der Waals surface area contributed by atoms with E-state index in [-0.39, 0.29) is 5.92 Å². The van der Waals surface area contributed by atoms with Gasteiger partial charge in [0.15, 0.2) is 0 Å². The maximum absolute atomic E-state index is 10.9. The van der Waals surface area contributed by atoms with Gasteiger partial charge in [-0.05, 0) is 42.3 Å². The van der Waals surface area contributed by atoms with Crippen LogP contribution in [-0.4, -0.2) is 24.4 Å². The first-order valence-corrected chi connectivity index (χ1v) is 7.27. The molecule has 1 unspecified atom stereocenters. The van der Waals surface area contributed by atoms with Crippen molar-refractivity contribution >= 4 is 11.8 Å². The van der Waals surface area contributed by atoms with E-state index < -0.39 is 5.60 Å². The summed E-state index contributed by atoms with van der Waals surface area (Å²) in [5.41, 5.74) is 0.465. The largest absolute Gasteiger partial charge is 0.497 e.